The molecular weight excluding hydrogens is 298 g/mol. The first kappa shape index (κ1) is 14.4. The van der Waals surface area contributed by atoms with E-state index in [1.165, 1.54) is 11.9 Å². The normalized spacial score (nSPS) is 10.9. The number of hydrogen-bond acceptors (Lipinski definition) is 5. The molecule has 1 aromatic carbocycles. The maximum Gasteiger partial charge on any atom is 0.281 e. The van der Waals surface area contributed by atoms with E-state index in [-0.39, 0.29) is 0 Å². The van der Waals surface area contributed by atoms with Crippen molar-refractivity contribution < 1.29 is 4.79 Å². The van der Waals surface area contributed by atoms with Crippen molar-refractivity contribution in [3.63, 3.8) is 0 Å². The molecule has 3 rings (SSSR count). The molecule has 3 aromatic rings. The van der Waals surface area contributed by atoms with Crippen LogP contribution in [0.4, 0.5) is 10.6 Å². The second-order valence-electron chi connectivity index (χ2n) is 4.80. The minimum atomic E-state index is -0.481. The molecule has 112 valence electrons. The van der Waals surface area contributed by atoms with E-state index < -0.39 is 5.24 Å². The van der Waals surface area contributed by atoms with Gasteiger partial charge in [-0.25, -0.2) is 9.97 Å². The lowest BCUT2D eigenvalue weighted by Crippen LogP contribution is -2.01. The van der Waals surface area contributed by atoms with E-state index in [1.807, 2.05) is 29.0 Å². The number of thioether (sulfide) groups is 1. The standard InChI is InChI=1S/C15H15N5OS/c16-13-12-11(22-15(17)21)8-20(14(12)19-9-18-13)7-6-10-4-2-1-3-5-10/h1-5,8-9H,6-7H2,(H2,17,21)(H2,16,18,19). The van der Waals surface area contributed by atoms with Gasteiger partial charge in [-0.2, -0.15) is 0 Å². The van der Waals surface area contributed by atoms with Crippen LogP contribution in [0.2, 0.25) is 0 Å². The second kappa shape index (κ2) is 6.07. The van der Waals surface area contributed by atoms with Gasteiger partial charge in [0, 0.05) is 17.6 Å². The Hall–Kier alpha value is -2.54. The van der Waals surface area contributed by atoms with Crippen LogP contribution < -0.4 is 11.5 Å². The highest BCUT2D eigenvalue weighted by molar-refractivity contribution is 8.13. The smallest absolute Gasteiger partial charge is 0.281 e. The Morgan fingerprint density at radius 2 is 2.00 bits per heavy atom. The Morgan fingerprint density at radius 1 is 1.23 bits per heavy atom. The largest absolute Gasteiger partial charge is 0.383 e. The van der Waals surface area contributed by atoms with Crippen LogP contribution in [-0.4, -0.2) is 19.8 Å². The highest BCUT2D eigenvalue weighted by atomic mass is 32.2. The molecule has 0 saturated carbocycles. The molecule has 0 saturated heterocycles. The van der Waals surface area contributed by atoms with E-state index in [0.717, 1.165) is 24.7 Å². The molecule has 2 aromatic heterocycles. The molecule has 0 bridgehead atoms. The Bertz CT molecular complexity index is 815. The summed E-state index contributed by atoms with van der Waals surface area (Å²) in [6.07, 6.45) is 4.14. The van der Waals surface area contributed by atoms with Crippen LogP contribution in [0.5, 0.6) is 0 Å². The monoisotopic (exact) mass is 313 g/mol. The van der Waals surface area contributed by atoms with Gasteiger partial charge in [-0.05, 0) is 23.7 Å². The summed E-state index contributed by atoms with van der Waals surface area (Å²) in [5, 5.41) is 0.199. The minimum absolute atomic E-state index is 0.354. The van der Waals surface area contributed by atoms with Crippen molar-refractivity contribution in [2.45, 2.75) is 17.9 Å². The molecule has 0 unspecified atom stereocenters. The summed E-state index contributed by atoms with van der Waals surface area (Å²) in [4.78, 5) is 20.2. The van der Waals surface area contributed by atoms with E-state index in [0.29, 0.717) is 21.7 Å². The fraction of sp³-hybridized carbons (Fsp3) is 0.133. The topological polar surface area (TPSA) is 99.8 Å². The molecule has 0 aliphatic heterocycles. The zero-order valence-electron chi connectivity index (χ0n) is 11.8. The molecule has 1 amide bonds. The van der Waals surface area contributed by atoms with Crippen LogP contribution in [0.3, 0.4) is 0 Å². The highest BCUT2D eigenvalue weighted by Crippen LogP contribution is 2.31. The van der Waals surface area contributed by atoms with Gasteiger partial charge in [0.2, 0.25) is 0 Å². The van der Waals surface area contributed by atoms with E-state index in [4.69, 9.17) is 11.5 Å². The molecule has 0 spiro atoms. The fourth-order valence-electron chi connectivity index (χ4n) is 2.36. The molecule has 0 aliphatic carbocycles. The van der Waals surface area contributed by atoms with Crippen molar-refractivity contribution in [3.05, 3.63) is 48.4 Å². The van der Waals surface area contributed by atoms with Crippen LogP contribution in [0.25, 0.3) is 11.0 Å². The number of hydrogen-bond donors (Lipinski definition) is 2. The molecule has 6 nitrogen and oxygen atoms in total. The van der Waals surface area contributed by atoms with Crippen molar-refractivity contribution >= 4 is 33.9 Å². The Labute approximate surface area is 131 Å². The lowest BCUT2D eigenvalue weighted by Gasteiger charge is -2.04. The third-order valence-corrected chi connectivity index (χ3v) is 4.07. The van der Waals surface area contributed by atoms with Crippen molar-refractivity contribution in [1.82, 2.24) is 14.5 Å². The van der Waals surface area contributed by atoms with E-state index >= 15 is 0 Å². The number of anilines is 1. The van der Waals surface area contributed by atoms with Gasteiger partial charge in [0.05, 0.1) is 5.39 Å². The molecule has 4 N–H and O–H groups in total. The van der Waals surface area contributed by atoms with Gasteiger partial charge in [0.25, 0.3) is 5.24 Å². The summed E-state index contributed by atoms with van der Waals surface area (Å²) in [5.74, 6) is 0.354. The van der Waals surface area contributed by atoms with Crippen LogP contribution >= 0.6 is 11.8 Å². The predicted octanol–water partition coefficient (Wildman–Crippen LogP) is 2.43. The molecule has 7 heteroatoms. The molecule has 2 heterocycles. The lowest BCUT2D eigenvalue weighted by molar-refractivity contribution is 0.267. The molecular formula is C15H15N5OS. The number of aryl methyl sites for hydroxylation is 2. The number of amides is 1. The number of benzene rings is 1. The number of rotatable bonds is 4. The summed E-state index contributed by atoms with van der Waals surface area (Å²) in [6, 6.07) is 10.2. The Morgan fingerprint density at radius 3 is 2.73 bits per heavy atom. The lowest BCUT2D eigenvalue weighted by atomic mass is 10.1. The van der Waals surface area contributed by atoms with Gasteiger partial charge in [-0.15, -0.1) is 0 Å². The van der Waals surface area contributed by atoms with Gasteiger partial charge in [-0.3, -0.25) is 4.79 Å². The Balaban J connectivity index is 1.95. The van der Waals surface area contributed by atoms with Crippen molar-refractivity contribution in [1.29, 1.82) is 0 Å². The van der Waals surface area contributed by atoms with Gasteiger partial charge >= 0.3 is 0 Å². The zero-order chi connectivity index (χ0) is 15.5. The maximum absolute atomic E-state index is 11.2. The van der Waals surface area contributed by atoms with Crippen LogP contribution in [0.1, 0.15) is 5.56 Å². The quantitative estimate of drug-likeness (QED) is 0.721. The highest BCUT2D eigenvalue weighted by Gasteiger charge is 2.15. The average Bonchev–Trinajstić information content (AvgIpc) is 2.85. The van der Waals surface area contributed by atoms with Crippen molar-refractivity contribution in [3.8, 4) is 0 Å². The number of primary amides is 1. The molecule has 22 heavy (non-hydrogen) atoms. The minimum Gasteiger partial charge on any atom is -0.383 e. The summed E-state index contributed by atoms with van der Waals surface area (Å²) >= 11 is 0.943. The SMILES string of the molecule is NC(=O)Sc1cn(CCc2ccccc2)c2ncnc(N)c12. The fourth-order valence-corrected chi connectivity index (χ4v) is 3.06. The summed E-state index contributed by atoms with van der Waals surface area (Å²) in [6.45, 7) is 0.732. The molecule has 0 aliphatic rings. The van der Waals surface area contributed by atoms with E-state index in [1.54, 1.807) is 0 Å². The van der Waals surface area contributed by atoms with E-state index in [2.05, 4.69) is 22.1 Å². The number of carbonyl (C=O) groups is 1. The first-order chi connectivity index (χ1) is 10.6. The number of fused-ring (bicyclic) bond motifs is 1. The Kier molecular flexibility index (Phi) is 3.97. The van der Waals surface area contributed by atoms with Gasteiger partial charge in [0.1, 0.15) is 17.8 Å². The second-order valence-corrected chi connectivity index (χ2v) is 5.85. The third kappa shape index (κ3) is 2.89. The molecule has 0 atom stereocenters. The van der Waals surface area contributed by atoms with Crippen LogP contribution in [0, 0.1) is 0 Å². The van der Waals surface area contributed by atoms with Crippen molar-refractivity contribution in [2.75, 3.05) is 5.73 Å². The van der Waals surface area contributed by atoms with Gasteiger partial charge < -0.3 is 16.0 Å². The van der Waals surface area contributed by atoms with Crippen LogP contribution in [-0.2, 0) is 13.0 Å². The van der Waals surface area contributed by atoms with Crippen molar-refractivity contribution in [2.24, 2.45) is 5.73 Å². The first-order valence-corrected chi connectivity index (χ1v) is 7.57. The summed E-state index contributed by atoms with van der Waals surface area (Å²) in [5.41, 5.74) is 13.1. The third-order valence-electron chi connectivity index (χ3n) is 3.34. The van der Waals surface area contributed by atoms with Crippen LogP contribution in [0.15, 0.2) is 47.8 Å². The molecule has 0 fully saturated rings. The zero-order valence-corrected chi connectivity index (χ0v) is 12.6. The summed E-state index contributed by atoms with van der Waals surface area (Å²) < 4.78 is 1.98. The predicted molar refractivity (Wildman–Crippen MR) is 87.5 cm³/mol. The summed E-state index contributed by atoms with van der Waals surface area (Å²) in [7, 11) is 0. The first-order valence-electron chi connectivity index (χ1n) is 6.75. The number of aromatic nitrogens is 3. The maximum atomic E-state index is 11.2. The number of nitrogens with two attached hydrogens (primary N) is 2. The number of carbonyl (C=O) groups excluding carboxylic acids is 1. The number of nitrogen functional groups attached to an aromatic ring is 1. The average molecular weight is 313 g/mol. The van der Waals surface area contributed by atoms with Gasteiger partial charge in [0.15, 0.2) is 0 Å². The van der Waals surface area contributed by atoms with Gasteiger partial charge in [-0.1, -0.05) is 30.3 Å². The number of nitrogens with zero attached hydrogens (tertiary/aromatic N) is 3. The van der Waals surface area contributed by atoms with E-state index in [9.17, 15) is 4.79 Å². The molecule has 0 radical (unpaired) electrons.